The van der Waals surface area contributed by atoms with Crippen LogP contribution < -0.4 is 5.32 Å². The predicted molar refractivity (Wildman–Crippen MR) is 64.7 cm³/mol. The molecule has 3 atom stereocenters. The molecule has 0 unspecified atom stereocenters. The number of hydrogen-bond donors (Lipinski definition) is 3. The van der Waals surface area contributed by atoms with Gasteiger partial charge in [-0.25, -0.2) is 0 Å². The van der Waals surface area contributed by atoms with Crippen LogP contribution in [0.4, 0.5) is 0 Å². The minimum atomic E-state index is -1.01. The van der Waals surface area contributed by atoms with Gasteiger partial charge in [0.25, 0.3) is 0 Å². The van der Waals surface area contributed by atoms with Crippen molar-refractivity contribution in [3.8, 4) is 0 Å². The topological polar surface area (TPSA) is 78.8 Å². The molecule has 1 aromatic carbocycles. The van der Waals surface area contributed by atoms with E-state index < -0.39 is 18.2 Å². The lowest BCUT2D eigenvalue weighted by atomic mass is 9.98. The van der Waals surface area contributed by atoms with Crippen LogP contribution in [0, 0.1) is 0 Å². The summed E-state index contributed by atoms with van der Waals surface area (Å²) in [4.78, 5) is 11.2. The van der Waals surface area contributed by atoms with Crippen molar-refractivity contribution in [3.63, 3.8) is 0 Å². The molecule has 1 saturated heterocycles. The van der Waals surface area contributed by atoms with Gasteiger partial charge in [-0.05, 0) is 5.56 Å². The van der Waals surface area contributed by atoms with Crippen LogP contribution in [0.25, 0.3) is 0 Å². The molecule has 98 valence electrons. The van der Waals surface area contributed by atoms with Gasteiger partial charge in [0, 0.05) is 0 Å². The summed E-state index contributed by atoms with van der Waals surface area (Å²) in [5.74, 6) is -0.263. The molecule has 0 spiro atoms. The largest absolute Gasteiger partial charge is 0.390 e. The number of nitrogens with one attached hydrogen (secondary N) is 1. The number of amides is 1. The average Bonchev–Trinajstić information content (AvgIpc) is 2.36. The second-order valence-electron chi connectivity index (χ2n) is 4.44. The number of carbonyl (C=O) groups is 1. The van der Waals surface area contributed by atoms with E-state index in [0.29, 0.717) is 6.61 Å². The van der Waals surface area contributed by atoms with E-state index in [-0.39, 0.29) is 18.9 Å². The van der Waals surface area contributed by atoms with Crippen LogP contribution in [0.15, 0.2) is 30.3 Å². The van der Waals surface area contributed by atoms with Gasteiger partial charge < -0.3 is 20.3 Å². The number of carbonyl (C=O) groups excluding carboxylic acids is 1. The lowest BCUT2D eigenvalue weighted by Gasteiger charge is -2.32. The monoisotopic (exact) mass is 251 g/mol. The second kappa shape index (κ2) is 5.95. The highest BCUT2D eigenvalue weighted by molar-refractivity contribution is 5.78. The zero-order chi connectivity index (χ0) is 13.0. The van der Waals surface area contributed by atoms with Crippen LogP contribution in [0.2, 0.25) is 0 Å². The fourth-order valence-electron chi connectivity index (χ4n) is 1.95. The summed E-state index contributed by atoms with van der Waals surface area (Å²) in [6.45, 7) is 0.592. The van der Waals surface area contributed by atoms with E-state index in [9.17, 15) is 15.0 Å². The van der Waals surface area contributed by atoms with Crippen LogP contribution in [0.3, 0.4) is 0 Å². The van der Waals surface area contributed by atoms with Crippen molar-refractivity contribution < 1.29 is 19.7 Å². The quantitative estimate of drug-likeness (QED) is 0.693. The maximum absolute atomic E-state index is 11.2. The predicted octanol–water partition coefficient (Wildman–Crippen LogP) is -0.187. The van der Waals surface area contributed by atoms with Crippen molar-refractivity contribution in [1.29, 1.82) is 0 Å². The first-order valence-electron chi connectivity index (χ1n) is 5.94. The van der Waals surface area contributed by atoms with E-state index in [2.05, 4.69) is 5.32 Å². The summed E-state index contributed by atoms with van der Waals surface area (Å²) in [5, 5.41) is 21.8. The van der Waals surface area contributed by atoms with Gasteiger partial charge in [-0.2, -0.15) is 0 Å². The molecule has 0 aromatic heterocycles. The molecule has 0 aliphatic carbocycles. The van der Waals surface area contributed by atoms with Crippen molar-refractivity contribution in [2.75, 3.05) is 6.61 Å². The third kappa shape index (κ3) is 3.29. The number of aliphatic hydroxyl groups excluding tert-OH is 2. The van der Waals surface area contributed by atoms with Crippen LogP contribution in [0.1, 0.15) is 12.0 Å². The summed E-state index contributed by atoms with van der Waals surface area (Å²) in [7, 11) is 0. The third-order valence-corrected chi connectivity index (χ3v) is 2.96. The molecule has 5 heteroatoms. The maximum Gasteiger partial charge on any atom is 0.223 e. The normalized spacial score (nSPS) is 27.9. The summed E-state index contributed by atoms with van der Waals surface area (Å²) in [5.41, 5.74) is 1.02. The maximum atomic E-state index is 11.2. The number of benzene rings is 1. The Morgan fingerprint density at radius 1 is 1.28 bits per heavy atom. The van der Waals surface area contributed by atoms with E-state index >= 15 is 0 Å². The first kappa shape index (κ1) is 13.0. The molecule has 1 aromatic rings. The fraction of sp³-hybridized carbons (Fsp3) is 0.462. The second-order valence-corrected chi connectivity index (χ2v) is 4.44. The van der Waals surface area contributed by atoms with E-state index in [1.54, 1.807) is 0 Å². The molecule has 2 rings (SSSR count). The Labute approximate surface area is 105 Å². The smallest absolute Gasteiger partial charge is 0.223 e. The number of ether oxygens (including phenoxy) is 1. The molecule has 5 nitrogen and oxygen atoms in total. The van der Waals surface area contributed by atoms with E-state index in [1.807, 2.05) is 30.3 Å². The Morgan fingerprint density at radius 2 is 2.00 bits per heavy atom. The molecular formula is C13H17NO4. The molecule has 0 saturated carbocycles. The average molecular weight is 251 g/mol. The number of aliphatic hydroxyl groups is 2. The van der Waals surface area contributed by atoms with Crippen molar-refractivity contribution in [1.82, 2.24) is 5.32 Å². The molecule has 1 heterocycles. The Bertz CT molecular complexity index is 395. The molecule has 0 bridgehead atoms. The Balaban J connectivity index is 1.81. The first-order valence-corrected chi connectivity index (χ1v) is 5.94. The summed E-state index contributed by atoms with van der Waals surface area (Å²) in [6.07, 6.45) is -2.04. The molecule has 1 fully saturated rings. The zero-order valence-corrected chi connectivity index (χ0v) is 9.95. The molecule has 0 radical (unpaired) electrons. The number of rotatable bonds is 4. The molecule has 1 aliphatic rings. The van der Waals surface area contributed by atoms with Gasteiger partial charge in [-0.1, -0.05) is 30.3 Å². The molecule has 3 N–H and O–H groups in total. The molecular weight excluding hydrogens is 234 g/mol. The van der Waals surface area contributed by atoms with Gasteiger partial charge >= 0.3 is 0 Å². The zero-order valence-electron chi connectivity index (χ0n) is 9.95. The van der Waals surface area contributed by atoms with E-state index in [4.69, 9.17) is 4.74 Å². The summed E-state index contributed by atoms with van der Waals surface area (Å²) >= 11 is 0. The van der Waals surface area contributed by atoms with Gasteiger partial charge in [0.15, 0.2) is 0 Å². The lowest BCUT2D eigenvalue weighted by molar-refractivity contribution is -0.135. The van der Waals surface area contributed by atoms with Crippen molar-refractivity contribution >= 4 is 5.91 Å². The highest BCUT2D eigenvalue weighted by Gasteiger charge is 2.34. The van der Waals surface area contributed by atoms with Gasteiger partial charge in [0.2, 0.25) is 5.91 Å². The number of piperidine rings is 1. The van der Waals surface area contributed by atoms with Crippen LogP contribution in [-0.2, 0) is 16.1 Å². The van der Waals surface area contributed by atoms with Crippen molar-refractivity contribution in [2.45, 2.75) is 31.3 Å². The molecule has 1 amide bonds. The molecule has 18 heavy (non-hydrogen) atoms. The Hall–Kier alpha value is -1.43. The third-order valence-electron chi connectivity index (χ3n) is 2.96. The lowest BCUT2D eigenvalue weighted by Crippen LogP contribution is -2.56. The minimum Gasteiger partial charge on any atom is -0.390 e. The summed E-state index contributed by atoms with van der Waals surface area (Å²) < 4.78 is 5.44. The van der Waals surface area contributed by atoms with Gasteiger partial charge in [0.05, 0.1) is 31.8 Å². The van der Waals surface area contributed by atoms with Gasteiger partial charge in [-0.3, -0.25) is 4.79 Å². The van der Waals surface area contributed by atoms with Crippen LogP contribution in [-0.4, -0.2) is 41.0 Å². The van der Waals surface area contributed by atoms with Crippen molar-refractivity contribution in [2.24, 2.45) is 0 Å². The summed E-state index contributed by atoms with van der Waals surface area (Å²) in [6, 6.07) is 9.07. The minimum absolute atomic E-state index is 0.0592. The van der Waals surface area contributed by atoms with Gasteiger partial charge in [0.1, 0.15) is 6.10 Å². The Morgan fingerprint density at radius 3 is 2.72 bits per heavy atom. The first-order chi connectivity index (χ1) is 8.66. The highest BCUT2D eigenvalue weighted by Crippen LogP contribution is 2.11. The highest BCUT2D eigenvalue weighted by atomic mass is 16.5. The Kier molecular flexibility index (Phi) is 4.30. The molecule has 1 aliphatic heterocycles. The fourth-order valence-corrected chi connectivity index (χ4v) is 1.95. The number of hydrogen-bond acceptors (Lipinski definition) is 4. The van der Waals surface area contributed by atoms with Crippen LogP contribution in [0.5, 0.6) is 0 Å². The standard InChI is InChI=1S/C13H17NO4/c15-11-6-12(16)14-10(13(11)17)8-18-7-9-4-2-1-3-5-9/h1-5,10-11,13,15,17H,6-8H2,(H,14,16)/t10-,11+,13+/m0/s1. The SMILES string of the molecule is O=C1C[C@@H](O)[C@H](O)[C@H](COCc2ccccc2)N1. The van der Waals surface area contributed by atoms with E-state index in [1.165, 1.54) is 0 Å². The van der Waals surface area contributed by atoms with Crippen LogP contribution >= 0.6 is 0 Å². The van der Waals surface area contributed by atoms with Gasteiger partial charge in [-0.15, -0.1) is 0 Å². The van der Waals surface area contributed by atoms with Crippen molar-refractivity contribution in [3.05, 3.63) is 35.9 Å². The van der Waals surface area contributed by atoms with E-state index in [0.717, 1.165) is 5.56 Å².